The van der Waals surface area contributed by atoms with Gasteiger partial charge in [0, 0.05) is 12.8 Å². The number of carbonyl (C=O) groups is 1. The van der Waals surface area contributed by atoms with Gasteiger partial charge in [-0.25, -0.2) is 8.42 Å². The van der Waals surface area contributed by atoms with Crippen LogP contribution in [-0.2, 0) is 19.4 Å². The molecule has 0 amide bonds. The molecule has 0 aromatic carbocycles. The summed E-state index contributed by atoms with van der Waals surface area (Å²) in [5.41, 5.74) is -0.653. The minimum atomic E-state index is -2.90. The van der Waals surface area contributed by atoms with Gasteiger partial charge in [0.05, 0.1) is 12.9 Å². The van der Waals surface area contributed by atoms with Crippen LogP contribution in [0.2, 0.25) is 0 Å². The molecular formula is C13H28N2O4S. The number of ether oxygens (including phenoxy) is 1. The first-order valence-electron chi connectivity index (χ1n) is 6.78. The molecule has 7 heteroatoms. The van der Waals surface area contributed by atoms with Gasteiger partial charge < -0.3 is 15.0 Å². The van der Waals surface area contributed by atoms with Crippen molar-refractivity contribution < 1.29 is 17.9 Å². The Morgan fingerprint density at radius 3 is 2.35 bits per heavy atom. The van der Waals surface area contributed by atoms with Crippen LogP contribution in [-0.4, -0.2) is 71.1 Å². The van der Waals surface area contributed by atoms with Crippen LogP contribution in [0.4, 0.5) is 0 Å². The second kappa shape index (κ2) is 8.59. The molecule has 0 spiro atoms. The Hall–Kier alpha value is -0.660. The van der Waals surface area contributed by atoms with Crippen LogP contribution in [0.15, 0.2) is 0 Å². The van der Waals surface area contributed by atoms with Gasteiger partial charge in [0.25, 0.3) is 0 Å². The smallest absolute Gasteiger partial charge is 0.325 e. The average Bonchev–Trinajstić information content (AvgIpc) is 2.39. The molecule has 6 nitrogen and oxygen atoms in total. The zero-order chi connectivity index (χ0) is 15.8. The fraction of sp³-hybridized carbons (Fsp3) is 0.923. The van der Waals surface area contributed by atoms with Crippen LogP contribution < -0.4 is 5.32 Å². The van der Waals surface area contributed by atoms with Crippen molar-refractivity contribution >= 4 is 15.8 Å². The van der Waals surface area contributed by atoms with Crippen molar-refractivity contribution in [3.63, 3.8) is 0 Å². The maximum Gasteiger partial charge on any atom is 0.325 e. The molecule has 0 saturated carbocycles. The molecule has 1 atom stereocenters. The van der Waals surface area contributed by atoms with Gasteiger partial charge in [0.15, 0.2) is 0 Å². The summed E-state index contributed by atoms with van der Waals surface area (Å²) in [4.78, 5) is 13.6. The number of hydrogen-bond acceptors (Lipinski definition) is 6. The lowest BCUT2D eigenvalue weighted by Gasteiger charge is -2.26. The first-order chi connectivity index (χ1) is 9.14. The van der Waals surface area contributed by atoms with E-state index in [4.69, 9.17) is 4.74 Å². The van der Waals surface area contributed by atoms with Gasteiger partial charge in [0.1, 0.15) is 15.4 Å². The van der Waals surface area contributed by atoms with Crippen LogP contribution in [0.5, 0.6) is 0 Å². The minimum Gasteiger partial charge on any atom is -0.468 e. The molecule has 0 fully saturated rings. The highest BCUT2D eigenvalue weighted by molar-refractivity contribution is 7.90. The topological polar surface area (TPSA) is 75.7 Å². The summed E-state index contributed by atoms with van der Waals surface area (Å²) in [6.45, 7) is 3.18. The number of unbranched alkanes of at least 4 members (excludes halogenated alkanes) is 1. The number of nitrogens with one attached hydrogen (secondary N) is 1. The van der Waals surface area contributed by atoms with Crippen LogP contribution >= 0.6 is 0 Å². The number of likely N-dealkylation sites (N-methyl/N-ethyl adjacent to an activating group) is 1. The van der Waals surface area contributed by atoms with Gasteiger partial charge in [-0.05, 0) is 46.8 Å². The first kappa shape index (κ1) is 19.3. The van der Waals surface area contributed by atoms with Crippen molar-refractivity contribution in [2.45, 2.75) is 31.7 Å². The molecular weight excluding hydrogens is 280 g/mol. The van der Waals surface area contributed by atoms with E-state index in [1.807, 2.05) is 18.9 Å². The van der Waals surface area contributed by atoms with Crippen molar-refractivity contribution in [1.29, 1.82) is 0 Å². The quantitative estimate of drug-likeness (QED) is 0.462. The lowest BCUT2D eigenvalue weighted by atomic mass is 9.95. The zero-order valence-corrected chi connectivity index (χ0v) is 14.0. The maximum absolute atomic E-state index is 11.6. The molecule has 0 aliphatic carbocycles. The van der Waals surface area contributed by atoms with E-state index in [0.29, 0.717) is 13.0 Å². The van der Waals surface area contributed by atoms with Gasteiger partial charge >= 0.3 is 5.97 Å². The van der Waals surface area contributed by atoms with Crippen molar-refractivity contribution in [3.05, 3.63) is 0 Å². The SMILES string of the molecule is CNC(C)(CCCCN(C)CCS(C)(=O)=O)C(=O)OC. The van der Waals surface area contributed by atoms with Crippen LogP contribution in [0.25, 0.3) is 0 Å². The van der Waals surface area contributed by atoms with E-state index < -0.39 is 15.4 Å². The molecule has 0 aromatic heterocycles. The molecule has 0 aliphatic heterocycles. The molecule has 0 aliphatic rings. The Kier molecular flexibility index (Phi) is 8.30. The number of nitrogens with zero attached hydrogens (tertiary/aromatic N) is 1. The predicted octanol–water partition coefficient (Wildman–Crippen LogP) is 0.284. The molecule has 0 heterocycles. The molecule has 0 rings (SSSR count). The number of carbonyl (C=O) groups excluding carboxylic acids is 1. The van der Waals surface area contributed by atoms with E-state index in [-0.39, 0.29) is 11.7 Å². The Labute approximate surface area is 122 Å². The standard InChI is InChI=1S/C13H28N2O4S/c1-13(14-2,12(16)19-4)8-6-7-9-15(3)10-11-20(5,17)18/h14H,6-11H2,1-5H3. The molecule has 1 N–H and O–H groups in total. The number of rotatable bonds is 10. The van der Waals surface area contributed by atoms with Crippen LogP contribution in [0, 0.1) is 0 Å². The Bertz CT molecular complexity index is 397. The fourth-order valence-electron chi connectivity index (χ4n) is 1.85. The third-order valence-electron chi connectivity index (χ3n) is 3.50. The first-order valence-corrected chi connectivity index (χ1v) is 8.84. The summed E-state index contributed by atoms with van der Waals surface area (Å²) >= 11 is 0. The van der Waals surface area contributed by atoms with E-state index in [9.17, 15) is 13.2 Å². The number of sulfone groups is 1. The van der Waals surface area contributed by atoms with Gasteiger partial charge in [-0.3, -0.25) is 4.79 Å². The van der Waals surface area contributed by atoms with Crippen molar-refractivity contribution in [2.75, 3.05) is 46.3 Å². The van der Waals surface area contributed by atoms with Crippen molar-refractivity contribution in [1.82, 2.24) is 10.2 Å². The monoisotopic (exact) mass is 308 g/mol. The summed E-state index contributed by atoms with van der Waals surface area (Å²) in [5, 5.41) is 2.99. The highest BCUT2D eigenvalue weighted by Gasteiger charge is 2.31. The highest BCUT2D eigenvalue weighted by atomic mass is 32.2. The molecule has 120 valence electrons. The van der Waals surface area contributed by atoms with E-state index in [2.05, 4.69) is 5.32 Å². The molecule has 0 bridgehead atoms. The van der Waals surface area contributed by atoms with Crippen molar-refractivity contribution in [3.8, 4) is 0 Å². The van der Waals surface area contributed by atoms with Gasteiger partial charge in [-0.15, -0.1) is 0 Å². The third kappa shape index (κ3) is 7.81. The van der Waals surface area contributed by atoms with Crippen molar-refractivity contribution in [2.24, 2.45) is 0 Å². The predicted molar refractivity (Wildman–Crippen MR) is 80.5 cm³/mol. The maximum atomic E-state index is 11.6. The van der Waals surface area contributed by atoms with Gasteiger partial charge in [0.2, 0.25) is 0 Å². The lowest BCUT2D eigenvalue weighted by molar-refractivity contribution is -0.148. The second-order valence-electron chi connectivity index (χ2n) is 5.46. The van der Waals surface area contributed by atoms with Gasteiger partial charge in [-0.1, -0.05) is 0 Å². The molecule has 1 unspecified atom stereocenters. The fourth-order valence-corrected chi connectivity index (χ4v) is 2.49. The molecule has 0 aromatic rings. The van der Waals surface area contributed by atoms with E-state index >= 15 is 0 Å². The molecule has 20 heavy (non-hydrogen) atoms. The second-order valence-corrected chi connectivity index (χ2v) is 7.72. The summed E-state index contributed by atoms with van der Waals surface area (Å²) in [6, 6.07) is 0. The largest absolute Gasteiger partial charge is 0.468 e. The Balaban J connectivity index is 3.98. The average molecular weight is 308 g/mol. The summed E-state index contributed by atoms with van der Waals surface area (Å²) < 4.78 is 26.9. The number of hydrogen-bond donors (Lipinski definition) is 1. The third-order valence-corrected chi connectivity index (χ3v) is 4.42. The van der Waals surface area contributed by atoms with E-state index in [1.165, 1.54) is 13.4 Å². The summed E-state index contributed by atoms with van der Waals surface area (Å²) in [7, 11) is 2.13. The number of esters is 1. The molecule has 0 radical (unpaired) electrons. The lowest BCUT2D eigenvalue weighted by Crippen LogP contribution is -2.48. The van der Waals surface area contributed by atoms with Gasteiger partial charge in [-0.2, -0.15) is 0 Å². The highest BCUT2D eigenvalue weighted by Crippen LogP contribution is 2.15. The molecule has 0 saturated heterocycles. The summed E-state index contributed by atoms with van der Waals surface area (Å²) in [5.74, 6) is -0.0784. The summed E-state index contributed by atoms with van der Waals surface area (Å²) in [6.07, 6.45) is 3.72. The zero-order valence-electron chi connectivity index (χ0n) is 13.2. The Morgan fingerprint density at radius 2 is 1.90 bits per heavy atom. The number of methoxy groups -OCH3 is 1. The van der Waals surface area contributed by atoms with E-state index in [0.717, 1.165) is 19.4 Å². The normalized spacial score (nSPS) is 15.1. The van der Waals surface area contributed by atoms with Crippen LogP contribution in [0.3, 0.4) is 0 Å². The van der Waals surface area contributed by atoms with E-state index in [1.54, 1.807) is 7.05 Å². The minimum absolute atomic E-state index is 0.180. The Morgan fingerprint density at radius 1 is 1.30 bits per heavy atom. The van der Waals surface area contributed by atoms with Crippen LogP contribution in [0.1, 0.15) is 26.2 Å².